The van der Waals surface area contributed by atoms with E-state index in [0.29, 0.717) is 17.4 Å². The molecule has 0 aromatic heterocycles. The first-order valence-electron chi connectivity index (χ1n) is 28.4. The summed E-state index contributed by atoms with van der Waals surface area (Å²) in [5, 5.41) is 13.9. The number of hydrogen-bond donors (Lipinski definition) is 2. The molecule has 0 radical (unpaired) electrons. The lowest BCUT2D eigenvalue weighted by atomic mass is 10.0. The number of allylic oxidation sites excluding steroid dienone is 5. The molecule has 0 saturated carbocycles. The summed E-state index contributed by atoms with van der Waals surface area (Å²) in [4.78, 5) is 25.5. The minimum atomic E-state index is -4.61. The third-order valence-corrected chi connectivity index (χ3v) is 13.8. The molecule has 0 aromatic carbocycles. The lowest BCUT2D eigenvalue weighted by Crippen LogP contribution is -2.45. The summed E-state index contributed by atoms with van der Waals surface area (Å²) in [7, 11) is 1.24. The van der Waals surface area contributed by atoms with E-state index in [1.807, 2.05) is 27.2 Å². The van der Waals surface area contributed by atoms with E-state index in [-0.39, 0.29) is 12.5 Å². The molecular weight excluding hydrogens is 840 g/mol. The van der Waals surface area contributed by atoms with Gasteiger partial charge >= 0.3 is 0 Å². The molecule has 0 rings (SSSR count). The Balaban J connectivity index is 4.27. The van der Waals surface area contributed by atoms with E-state index in [0.717, 1.165) is 44.9 Å². The third kappa shape index (κ3) is 50.6. The molecule has 3 atom stereocenters. The van der Waals surface area contributed by atoms with E-state index >= 15 is 0 Å². The van der Waals surface area contributed by atoms with Crippen molar-refractivity contribution in [2.45, 2.75) is 283 Å². The minimum absolute atomic E-state index is 0.00740. The summed E-state index contributed by atoms with van der Waals surface area (Å²) in [6.45, 7) is 4.65. The van der Waals surface area contributed by atoms with Gasteiger partial charge in [0.1, 0.15) is 13.2 Å². The van der Waals surface area contributed by atoms with Gasteiger partial charge in [-0.05, 0) is 44.9 Å². The molecule has 0 saturated heterocycles. The Bertz CT molecular complexity index is 1170. The maximum absolute atomic E-state index is 12.9. The maximum Gasteiger partial charge on any atom is 0.268 e. The number of phosphoric acid groups is 1. The quantitative estimate of drug-likeness (QED) is 0.0272. The highest BCUT2D eigenvalue weighted by atomic mass is 31.2. The molecule has 66 heavy (non-hydrogen) atoms. The lowest BCUT2D eigenvalue weighted by molar-refractivity contribution is -0.870. The number of carbonyl (C=O) groups is 1. The number of nitrogens with zero attached hydrogens (tertiary/aromatic N) is 1. The number of quaternary nitrogens is 1. The van der Waals surface area contributed by atoms with E-state index in [4.69, 9.17) is 9.05 Å². The van der Waals surface area contributed by atoms with E-state index < -0.39 is 26.6 Å². The number of phosphoric ester groups is 1. The van der Waals surface area contributed by atoms with Crippen LogP contribution in [0, 0.1) is 0 Å². The van der Waals surface area contributed by atoms with E-state index in [9.17, 15) is 19.4 Å². The molecule has 0 spiro atoms. The molecule has 0 aliphatic heterocycles. The summed E-state index contributed by atoms with van der Waals surface area (Å²) in [5.74, 6) is -0.206. The molecule has 0 bridgehead atoms. The first-order valence-corrected chi connectivity index (χ1v) is 29.8. The topological polar surface area (TPSA) is 108 Å². The molecule has 0 aliphatic rings. The molecular formula is C57H111N2O6P. The lowest BCUT2D eigenvalue weighted by Gasteiger charge is -2.29. The Labute approximate surface area is 410 Å². The van der Waals surface area contributed by atoms with Gasteiger partial charge < -0.3 is 28.8 Å². The second kappa shape index (κ2) is 48.7. The van der Waals surface area contributed by atoms with Crippen molar-refractivity contribution in [3.8, 4) is 0 Å². The van der Waals surface area contributed by atoms with Crippen LogP contribution in [0.25, 0.3) is 0 Å². The Morgan fingerprint density at radius 3 is 1.23 bits per heavy atom. The minimum Gasteiger partial charge on any atom is -0.756 e. The van der Waals surface area contributed by atoms with Gasteiger partial charge in [0.25, 0.3) is 7.82 Å². The van der Waals surface area contributed by atoms with Crippen LogP contribution in [0.4, 0.5) is 0 Å². The van der Waals surface area contributed by atoms with Crippen molar-refractivity contribution >= 4 is 13.7 Å². The second-order valence-corrected chi connectivity index (χ2v) is 22.0. The molecule has 0 fully saturated rings. The van der Waals surface area contributed by atoms with Gasteiger partial charge in [0, 0.05) is 6.42 Å². The summed E-state index contributed by atoms with van der Waals surface area (Å²) >= 11 is 0. The number of hydrogen-bond acceptors (Lipinski definition) is 6. The maximum atomic E-state index is 12.9. The van der Waals surface area contributed by atoms with Crippen LogP contribution < -0.4 is 10.2 Å². The molecule has 1 amide bonds. The summed E-state index contributed by atoms with van der Waals surface area (Å²) < 4.78 is 23.3. The first kappa shape index (κ1) is 64.7. The van der Waals surface area contributed by atoms with Crippen LogP contribution >= 0.6 is 7.82 Å². The normalized spacial score (nSPS) is 14.2. The SMILES string of the molecule is CCCCCCCCCCCCC/C=C/CC/C=C/CC/C=C/C(O)C(COP(=O)([O-])OCC[N+](C)(C)C)NC(=O)CCCCCCCCCCCCCCCCCCCCCCCCC. The van der Waals surface area contributed by atoms with Crippen molar-refractivity contribution in [3.05, 3.63) is 36.5 Å². The highest BCUT2D eigenvalue weighted by molar-refractivity contribution is 7.45. The average molecular weight is 951 g/mol. The highest BCUT2D eigenvalue weighted by Crippen LogP contribution is 2.38. The van der Waals surface area contributed by atoms with Crippen LogP contribution in [0.5, 0.6) is 0 Å². The smallest absolute Gasteiger partial charge is 0.268 e. The van der Waals surface area contributed by atoms with Gasteiger partial charge in [-0.3, -0.25) is 9.36 Å². The number of rotatable bonds is 52. The average Bonchev–Trinajstić information content (AvgIpc) is 3.28. The largest absolute Gasteiger partial charge is 0.756 e. The molecule has 390 valence electrons. The van der Waals surface area contributed by atoms with Crippen molar-refractivity contribution in [1.29, 1.82) is 0 Å². The van der Waals surface area contributed by atoms with Crippen LogP contribution in [-0.4, -0.2) is 68.5 Å². The fourth-order valence-corrected chi connectivity index (χ4v) is 9.09. The van der Waals surface area contributed by atoms with Gasteiger partial charge in [0.15, 0.2) is 0 Å². The van der Waals surface area contributed by atoms with Gasteiger partial charge in [-0.15, -0.1) is 0 Å². The molecule has 3 unspecified atom stereocenters. The number of unbranched alkanes of at least 4 members (excludes halogenated alkanes) is 35. The van der Waals surface area contributed by atoms with Gasteiger partial charge in [0.2, 0.25) is 5.91 Å². The molecule has 0 aliphatic carbocycles. The van der Waals surface area contributed by atoms with Crippen LogP contribution in [0.1, 0.15) is 271 Å². The Hall–Kier alpha value is -1.28. The van der Waals surface area contributed by atoms with Crippen LogP contribution in [0.15, 0.2) is 36.5 Å². The molecule has 0 aromatic rings. The number of carbonyl (C=O) groups excluding carboxylic acids is 1. The van der Waals surface area contributed by atoms with Crippen LogP contribution in [0.3, 0.4) is 0 Å². The van der Waals surface area contributed by atoms with E-state index in [1.165, 1.54) is 205 Å². The number of nitrogens with one attached hydrogen (secondary N) is 1. The Morgan fingerprint density at radius 2 is 0.848 bits per heavy atom. The van der Waals surface area contributed by atoms with Crippen molar-refractivity contribution in [2.24, 2.45) is 0 Å². The summed E-state index contributed by atoms with van der Waals surface area (Å²) in [6, 6.07) is -0.907. The van der Waals surface area contributed by atoms with Gasteiger partial charge in [-0.25, -0.2) is 0 Å². The first-order chi connectivity index (χ1) is 32.0. The van der Waals surface area contributed by atoms with Gasteiger partial charge in [-0.2, -0.15) is 0 Å². The zero-order valence-electron chi connectivity index (χ0n) is 44.4. The van der Waals surface area contributed by atoms with Gasteiger partial charge in [0.05, 0.1) is 39.9 Å². The third-order valence-electron chi connectivity index (χ3n) is 12.8. The van der Waals surface area contributed by atoms with Crippen molar-refractivity contribution < 1.29 is 32.9 Å². The van der Waals surface area contributed by atoms with Crippen LogP contribution in [-0.2, 0) is 18.4 Å². The molecule has 0 heterocycles. The summed E-state index contributed by atoms with van der Waals surface area (Å²) in [5.41, 5.74) is 0. The number of aliphatic hydroxyl groups is 1. The van der Waals surface area contributed by atoms with Gasteiger partial charge in [-0.1, -0.05) is 256 Å². The number of aliphatic hydroxyl groups excluding tert-OH is 1. The molecule has 8 nitrogen and oxygen atoms in total. The predicted octanol–water partition coefficient (Wildman–Crippen LogP) is 16.4. The molecule has 2 N–H and O–H groups in total. The van der Waals surface area contributed by atoms with E-state index in [2.05, 4.69) is 43.5 Å². The summed E-state index contributed by atoms with van der Waals surface area (Å²) in [6.07, 6.45) is 62.2. The van der Waals surface area contributed by atoms with E-state index in [1.54, 1.807) is 6.08 Å². The molecule has 9 heteroatoms. The fourth-order valence-electron chi connectivity index (χ4n) is 8.36. The zero-order chi connectivity index (χ0) is 48.5. The standard InChI is InChI=1S/C57H111N2O6P/c1-6-8-10-12-14-16-18-20-22-24-26-28-29-31-33-35-37-39-41-43-45-47-49-51-57(61)58-55(54-65-66(62,63)64-53-52-59(3,4)5)56(60)50-48-46-44-42-40-38-36-34-32-30-27-25-23-21-19-17-15-13-11-9-7-2/h32,34,40,42,48,50,55-56,60H,6-31,33,35-39,41,43-47,49,51-54H2,1-5H3,(H-,58,61,62,63)/b34-32+,42-40+,50-48+. The second-order valence-electron chi connectivity index (χ2n) is 20.6. The van der Waals surface area contributed by atoms with Crippen LogP contribution in [0.2, 0.25) is 0 Å². The number of amides is 1. The Kier molecular flexibility index (Phi) is 47.8. The van der Waals surface area contributed by atoms with Crippen molar-refractivity contribution in [2.75, 3.05) is 40.9 Å². The highest BCUT2D eigenvalue weighted by Gasteiger charge is 2.23. The zero-order valence-corrected chi connectivity index (χ0v) is 45.3. The Morgan fingerprint density at radius 1 is 0.515 bits per heavy atom. The predicted molar refractivity (Wildman–Crippen MR) is 284 cm³/mol. The van der Waals surface area contributed by atoms with Crippen molar-refractivity contribution in [3.63, 3.8) is 0 Å². The van der Waals surface area contributed by atoms with Crippen molar-refractivity contribution in [1.82, 2.24) is 5.32 Å². The number of likely N-dealkylation sites (N-methyl/N-ethyl adjacent to an activating group) is 1. The monoisotopic (exact) mass is 951 g/mol. The fraction of sp³-hybridized carbons (Fsp3) is 0.877.